The zero-order chi connectivity index (χ0) is 9.59. The molecule has 68 valence electrons. The van der Waals surface area contributed by atoms with Crippen LogP contribution in [0.3, 0.4) is 0 Å². The molecule has 2 nitrogen and oxygen atoms in total. The van der Waals surface area contributed by atoms with E-state index in [1.54, 1.807) is 6.07 Å². The average Bonchev–Trinajstić information content (AvgIpc) is 2.31. The SMILES string of the molecule is Cc1cn(C)c2cc(F)c(N)cc12. The Morgan fingerprint density at radius 2 is 2.08 bits per heavy atom. The number of benzene rings is 1. The Morgan fingerprint density at radius 3 is 2.77 bits per heavy atom. The van der Waals surface area contributed by atoms with E-state index >= 15 is 0 Å². The molecule has 0 aliphatic carbocycles. The van der Waals surface area contributed by atoms with E-state index in [0.29, 0.717) is 0 Å². The van der Waals surface area contributed by atoms with Gasteiger partial charge in [0.2, 0.25) is 0 Å². The van der Waals surface area contributed by atoms with Gasteiger partial charge >= 0.3 is 0 Å². The van der Waals surface area contributed by atoms with Crippen LogP contribution in [0.15, 0.2) is 18.3 Å². The van der Waals surface area contributed by atoms with E-state index in [-0.39, 0.29) is 11.5 Å². The molecule has 0 aliphatic heterocycles. The Hall–Kier alpha value is -1.51. The first-order chi connectivity index (χ1) is 6.09. The summed E-state index contributed by atoms with van der Waals surface area (Å²) in [6, 6.07) is 3.15. The van der Waals surface area contributed by atoms with Crippen molar-refractivity contribution in [2.24, 2.45) is 7.05 Å². The molecule has 0 unspecified atom stereocenters. The van der Waals surface area contributed by atoms with Crippen LogP contribution in [-0.2, 0) is 7.05 Å². The fourth-order valence-corrected chi connectivity index (χ4v) is 1.62. The van der Waals surface area contributed by atoms with Crippen LogP contribution in [0.4, 0.5) is 10.1 Å². The quantitative estimate of drug-likeness (QED) is 0.616. The van der Waals surface area contributed by atoms with Crippen molar-refractivity contribution in [3.05, 3.63) is 29.7 Å². The number of halogens is 1. The topological polar surface area (TPSA) is 30.9 Å². The van der Waals surface area contributed by atoms with E-state index in [1.807, 2.05) is 24.7 Å². The number of aryl methyl sites for hydroxylation is 2. The highest BCUT2D eigenvalue weighted by atomic mass is 19.1. The number of nitrogens with two attached hydrogens (primary N) is 1. The van der Waals surface area contributed by atoms with Gasteiger partial charge < -0.3 is 10.3 Å². The molecule has 1 aromatic heterocycles. The third kappa shape index (κ3) is 1.08. The molecule has 1 aromatic carbocycles. The van der Waals surface area contributed by atoms with Crippen molar-refractivity contribution in [2.45, 2.75) is 6.92 Å². The zero-order valence-corrected chi connectivity index (χ0v) is 7.63. The molecule has 3 heteroatoms. The number of anilines is 1. The second-order valence-corrected chi connectivity index (χ2v) is 3.31. The molecule has 0 spiro atoms. The lowest BCUT2D eigenvalue weighted by Gasteiger charge is -1.99. The Labute approximate surface area is 75.8 Å². The van der Waals surface area contributed by atoms with Gasteiger partial charge in [-0.1, -0.05) is 0 Å². The number of aromatic nitrogens is 1. The van der Waals surface area contributed by atoms with Gasteiger partial charge in [0, 0.05) is 24.7 Å². The van der Waals surface area contributed by atoms with Crippen LogP contribution in [0.25, 0.3) is 10.9 Å². The number of hydrogen-bond acceptors (Lipinski definition) is 1. The second-order valence-electron chi connectivity index (χ2n) is 3.31. The molecule has 0 radical (unpaired) electrons. The lowest BCUT2D eigenvalue weighted by molar-refractivity contribution is 0.633. The first-order valence-electron chi connectivity index (χ1n) is 4.10. The summed E-state index contributed by atoms with van der Waals surface area (Å²) >= 11 is 0. The van der Waals surface area contributed by atoms with Crippen molar-refractivity contribution in [1.82, 2.24) is 4.57 Å². The highest BCUT2D eigenvalue weighted by Gasteiger charge is 2.06. The second kappa shape index (κ2) is 2.49. The summed E-state index contributed by atoms with van der Waals surface area (Å²) in [6.45, 7) is 1.99. The van der Waals surface area contributed by atoms with Crippen molar-refractivity contribution in [1.29, 1.82) is 0 Å². The van der Waals surface area contributed by atoms with Crippen molar-refractivity contribution in [3.8, 4) is 0 Å². The minimum absolute atomic E-state index is 0.210. The number of rotatable bonds is 0. The molecule has 2 N–H and O–H groups in total. The zero-order valence-electron chi connectivity index (χ0n) is 7.63. The summed E-state index contributed by atoms with van der Waals surface area (Å²) in [7, 11) is 1.89. The molecule has 0 saturated carbocycles. The Balaban J connectivity index is 2.91. The van der Waals surface area contributed by atoms with Gasteiger partial charge in [-0.3, -0.25) is 0 Å². The Kier molecular flexibility index (Phi) is 1.55. The van der Waals surface area contributed by atoms with Crippen molar-refractivity contribution >= 4 is 16.6 Å². The molecule has 0 amide bonds. The van der Waals surface area contributed by atoms with Gasteiger partial charge in [-0.05, 0) is 18.6 Å². The smallest absolute Gasteiger partial charge is 0.148 e. The van der Waals surface area contributed by atoms with E-state index < -0.39 is 0 Å². The van der Waals surface area contributed by atoms with Gasteiger partial charge in [0.15, 0.2) is 0 Å². The molecule has 0 saturated heterocycles. The Morgan fingerprint density at radius 1 is 1.38 bits per heavy atom. The molecular formula is C10H11FN2. The van der Waals surface area contributed by atoms with Crippen molar-refractivity contribution < 1.29 is 4.39 Å². The van der Waals surface area contributed by atoms with E-state index in [4.69, 9.17) is 5.73 Å². The van der Waals surface area contributed by atoms with Crippen LogP contribution in [0.2, 0.25) is 0 Å². The molecule has 2 aromatic rings. The van der Waals surface area contributed by atoms with Crippen molar-refractivity contribution in [3.63, 3.8) is 0 Å². The maximum absolute atomic E-state index is 13.1. The van der Waals surface area contributed by atoms with E-state index in [9.17, 15) is 4.39 Å². The maximum Gasteiger partial charge on any atom is 0.148 e. The lowest BCUT2D eigenvalue weighted by Crippen LogP contribution is -1.91. The van der Waals surface area contributed by atoms with Gasteiger partial charge in [0.25, 0.3) is 0 Å². The number of nitrogen functional groups attached to an aromatic ring is 1. The van der Waals surface area contributed by atoms with Crippen LogP contribution >= 0.6 is 0 Å². The van der Waals surface area contributed by atoms with Gasteiger partial charge in [0.05, 0.1) is 11.2 Å². The first-order valence-corrected chi connectivity index (χ1v) is 4.10. The molecule has 2 rings (SSSR count). The van der Waals surface area contributed by atoms with E-state index in [1.165, 1.54) is 6.07 Å². The van der Waals surface area contributed by atoms with Gasteiger partial charge in [-0.25, -0.2) is 4.39 Å². The normalized spacial score (nSPS) is 11.0. The third-order valence-electron chi connectivity index (χ3n) is 2.31. The molecule has 13 heavy (non-hydrogen) atoms. The van der Waals surface area contributed by atoms with Crippen LogP contribution in [0, 0.1) is 12.7 Å². The molecule has 0 bridgehead atoms. The minimum Gasteiger partial charge on any atom is -0.396 e. The third-order valence-corrected chi connectivity index (χ3v) is 2.31. The average molecular weight is 178 g/mol. The monoisotopic (exact) mass is 178 g/mol. The summed E-state index contributed by atoms with van der Waals surface area (Å²) in [5.74, 6) is -0.353. The fraction of sp³-hybridized carbons (Fsp3) is 0.200. The summed E-state index contributed by atoms with van der Waals surface area (Å²) in [5, 5.41) is 1.02. The maximum atomic E-state index is 13.1. The van der Waals surface area contributed by atoms with Crippen LogP contribution < -0.4 is 5.73 Å². The molecule has 0 aliphatic rings. The van der Waals surface area contributed by atoms with Crippen LogP contribution in [0.5, 0.6) is 0 Å². The largest absolute Gasteiger partial charge is 0.396 e. The predicted molar refractivity (Wildman–Crippen MR) is 52.0 cm³/mol. The van der Waals surface area contributed by atoms with Gasteiger partial charge in [-0.2, -0.15) is 0 Å². The van der Waals surface area contributed by atoms with Crippen LogP contribution in [-0.4, -0.2) is 4.57 Å². The van der Waals surface area contributed by atoms with E-state index in [0.717, 1.165) is 16.5 Å². The molecule has 1 heterocycles. The lowest BCUT2D eigenvalue weighted by atomic mass is 10.2. The molecule has 0 fully saturated rings. The number of fused-ring (bicyclic) bond motifs is 1. The highest BCUT2D eigenvalue weighted by Crippen LogP contribution is 2.24. The van der Waals surface area contributed by atoms with E-state index in [2.05, 4.69) is 0 Å². The highest BCUT2D eigenvalue weighted by molar-refractivity contribution is 5.86. The molecular weight excluding hydrogens is 167 g/mol. The summed E-state index contributed by atoms with van der Waals surface area (Å²) in [5.41, 5.74) is 7.68. The summed E-state index contributed by atoms with van der Waals surface area (Å²) in [6.07, 6.45) is 1.96. The standard InChI is InChI=1S/C10H11FN2/c1-6-5-13(2)10-4-8(11)9(12)3-7(6)10/h3-5H,12H2,1-2H3. The first kappa shape index (κ1) is 8.10. The van der Waals surface area contributed by atoms with Gasteiger partial charge in [-0.15, -0.1) is 0 Å². The summed E-state index contributed by atoms with van der Waals surface area (Å²) in [4.78, 5) is 0. The van der Waals surface area contributed by atoms with Crippen LogP contribution in [0.1, 0.15) is 5.56 Å². The van der Waals surface area contributed by atoms with Crippen molar-refractivity contribution in [2.75, 3.05) is 5.73 Å². The number of hydrogen-bond donors (Lipinski definition) is 1. The van der Waals surface area contributed by atoms with Gasteiger partial charge in [0.1, 0.15) is 5.82 Å². The minimum atomic E-state index is -0.353. The fourth-order valence-electron chi connectivity index (χ4n) is 1.62. The Bertz CT molecular complexity index is 429. The summed E-state index contributed by atoms with van der Waals surface area (Å²) < 4.78 is 15.0. The molecule has 0 atom stereocenters. The number of nitrogens with zero attached hydrogens (tertiary/aromatic N) is 1. The predicted octanol–water partition coefficient (Wildman–Crippen LogP) is 2.21.